The van der Waals surface area contributed by atoms with Crippen LogP contribution >= 0.6 is 0 Å². The Morgan fingerprint density at radius 1 is 1.04 bits per heavy atom. The van der Waals surface area contributed by atoms with Crippen molar-refractivity contribution < 1.29 is 9.53 Å². The number of carbonyl (C=O) groups excluding carboxylic acids is 1. The Hall–Kier alpha value is -3.01. The van der Waals surface area contributed by atoms with Crippen LogP contribution in [0.5, 0.6) is 11.5 Å². The van der Waals surface area contributed by atoms with Crippen molar-refractivity contribution in [2.75, 3.05) is 7.05 Å². The summed E-state index contributed by atoms with van der Waals surface area (Å²) in [6.07, 6.45) is 1.83. The van der Waals surface area contributed by atoms with Crippen molar-refractivity contribution in [1.82, 2.24) is 9.88 Å². The summed E-state index contributed by atoms with van der Waals surface area (Å²) >= 11 is 0. The number of carbonyl (C=O) groups is 1. The van der Waals surface area contributed by atoms with E-state index >= 15 is 0 Å². The molecule has 0 aliphatic rings. The van der Waals surface area contributed by atoms with Gasteiger partial charge in [-0.1, -0.05) is 30.3 Å². The monoisotopic (exact) mass is 320 g/mol. The van der Waals surface area contributed by atoms with E-state index in [0.717, 1.165) is 22.6 Å². The first kappa shape index (κ1) is 15.9. The van der Waals surface area contributed by atoms with E-state index in [9.17, 15) is 4.79 Å². The van der Waals surface area contributed by atoms with Gasteiger partial charge in [0.05, 0.1) is 0 Å². The fourth-order valence-corrected chi connectivity index (χ4v) is 2.46. The normalized spacial score (nSPS) is 10.4. The molecule has 0 aliphatic heterocycles. The highest BCUT2D eigenvalue weighted by atomic mass is 16.5. The van der Waals surface area contributed by atoms with Crippen molar-refractivity contribution in [3.05, 3.63) is 83.7 Å². The molecule has 4 nitrogen and oxygen atoms in total. The van der Waals surface area contributed by atoms with Gasteiger partial charge in [-0.3, -0.25) is 4.79 Å². The molecular formula is C20H20N2O2. The zero-order valence-corrected chi connectivity index (χ0v) is 13.8. The standard InChI is InChI=1S/C20H20N2O2/c1-15-12-19(21-13-15)20(23)22(2)14-16-8-10-18(11-9-16)24-17-6-4-3-5-7-17/h3-13,21H,14H2,1-2H3. The lowest BCUT2D eigenvalue weighted by Crippen LogP contribution is -2.26. The highest BCUT2D eigenvalue weighted by molar-refractivity contribution is 5.92. The average Bonchev–Trinajstić information content (AvgIpc) is 3.03. The number of aromatic amines is 1. The molecule has 0 atom stereocenters. The Morgan fingerprint density at radius 3 is 2.33 bits per heavy atom. The molecule has 0 fully saturated rings. The number of benzene rings is 2. The number of hydrogen-bond donors (Lipinski definition) is 1. The number of aromatic nitrogens is 1. The van der Waals surface area contributed by atoms with Crippen molar-refractivity contribution in [2.45, 2.75) is 13.5 Å². The van der Waals surface area contributed by atoms with Crippen molar-refractivity contribution in [3.63, 3.8) is 0 Å². The van der Waals surface area contributed by atoms with Gasteiger partial charge in [0.15, 0.2) is 0 Å². The smallest absolute Gasteiger partial charge is 0.270 e. The number of rotatable bonds is 5. The molecule has 1 heterocycles. The lowest BCUT2D eigenvalue weighted by Gasteiger charge is -2.16. The van der Waals surface area contributed by atoms with Crippen LogP contribution in [0.25, 0.3) is 0 Å². The molecule has 0 radical (unpaired) electrons. The number of aryl methyl sites for hydroxylation is 1. The number of nitrogens with one attached hydrogen (secondary N) is 1. The maximum atomic E-state index is 12.3. The Bertz CT molecular complexity index is 807. The Balaban J connectivity index is 1.62. The second-order valence-electron chi connectivity index (χ2n) is 5.81. The van der Waals surface area contributed by atoms with Gasteiger partial charge in [-0.25, -0.2) is 0 Å². The molecule has 3 aromatic rings. The molecule has 0 saturated carbocycles. The number of para-hydroxylation sites is 1. The van der Waals surface area contributed by atoms with Crippen LogP contribution in [0.15, 0.2) is 66.9 Å². The topological polar surface area (TPSA) is 45.3 Å². The highest BCUT2D eigenvalue weighted by Crippen LogP contribution is 2.21. The quantitative estimate of drug-likeness (QED) is 0.758. The summed E-state index contributed by atoms with van der Waals surface area (Å²) in [4.78, 5) is 17.0. The lowest BCUT2D eigenvalue weighted by molar-refractivity contribution is 0.0780. The van der Waals surface area contributed by atoms with Crippen LogP contribution in [0.3, 0.4) is 0 Å². The largest absolute Gasteiger partial charge is 0.457 e. The minimum atomic E-state index is -0.0206. The van der Waals surface area contributed by atoms with Crippen LogP contribution in [-0.2, 0) is 6.54 Å². The molecular weight excluding hydrogens is 300 g/mol. The number of ether oxygens (including phenoxy) is 1. The summed E-state index contributed by atoms with van der Waals surface area (Å²) in [6, 6.07) is 19.3. The molecule has 4 heteroatoms. The van der Waals surface area contributed by atoms with Gasteiger partial charge in [-0.05, 0) is 48.4 Å². The Labute approximate surface area is 141 Å². The maximum Gasteiger partial charge on any atom is 0.270 e. The average molecular weight is 320 g/mol. The Kier molecular flexibility index (Phi) is 4.66. The second-order valence-corrected chi connectivity index (χ2v) is 5.81. The molecule has 0 aliphatic carbocycles. The zero-order chi connectivity index (χ0) is 16.9. The summed E-state index contributed by atoms with van der Waals surface area (Å²) in [5, 5.41) is 0. The summed E-state index contributed by atoms with van der Waals surface area (Å²) in [5.41, 5.74) is 2.71. The van der Waals surface area contributed by atoms with Crippen LogP contribution in [-0.4, -0.2) is 22.8 Å². The van der Waals surface area contributed by atoms with Gasteiger partial charge >= 0.3 is 0 Å². The van der Waals surface area contributed by atoms with Crippen LogP contribution in [0.4, 0.5) is 0 Å². The minimum absolute atomic E-state index is 0.0206. The Morgan fingerprint density at radius 2 is 1.71 bits per heavy atom. The highest BCUT2D eigenvalue weighted by Gasteiger charge is 2.13. The first-order valence-corrected chi connectivity index (χ1v) is 7.84. The molecule has 0 saturated heterocycles. The van der Waals surface area contributed by atoms with E-state index in [-0.39, 0.29) is 5.91 Å². The molecule has 24 heavy (non-hydrogen) atoms. The van der Waals surface area contributed by atoms with Gasteiger partial charge < -0.3 is 14.6 Å². The molecule has 0 unspecified atom stereocenters. The number of amides is 1. The van der Waals surface area contributed by atoms with Crippen molar-refractivity contribution in [3.8, 4) is 11.5 Å². The van der Waals surface area contributed by atoms with Crippen LogP contribution in [0.1, 0.15) is 21.6 Å². The molecule has 1 aromatic heterocycles. The van der Waals surface area contributed by atoms with Gasteiger partial charge in [0, 0.05) is 19.8 Å². The third-order valence-electron chi connectivity index (χ3n) is 3.73. The van der Waals surface area contributed by atoms with Gasteiger partial charge in [-0.2, -0.15) is 0 Å². The maximum absolute atomic E-state index is 12.3. The third kappa shape index (κ3) is 3.84. The van der Waals surface area contributed by atoms with E-state index in [1.165, 1.54) is 0 Å². The van der Waals surface area contributed by atoms with Crippen LogP contribution in [0, 0.1) is 6.92 Å². The summed E-state index contributed by atoms with van der Waals surface area (Å²) < 4.78 is 5.77. The van der Waals surface area contributed by atoms with E-state index in [2.05, 4.69) is 4.98 Å². The fourth-order valence-electron chi connectivity index (χ4n) is 2.46. The zero-order valence-electron chi connectivity index (χ0n) is 13.8. The molecule has 0 spiro atoms. The van der Waals surface area contributed by atoms with Crippen LogP contribution < -0.4 is 4.74 Å². The van der Waals surface area contributed by atoms with Gasteiger partial charge in [0.25, 0.3) is 5.91 Å². The number of nitrogens with zero attached hydrogens (tertiary/aromatic N) is 1. The summed E-state index contributed by atoms with van der Waals surface area (Å²) in [6.45, 7) is 2.50. The van der Waals surface area contributed by atoms with Crippen molar-refractivity contribution >= 4 is 5.91 Å². The first-order chi connectivity index (χ1) is 11.6. The summed E-state index contributed by atoms with van der Waals surface area (Å²) in [5.74, 6) is 1.56. The van der Waals surface area contributed by atoms with E-state index in [4.69, 9.17) is 4.74 Å². The minimum Gasteiger partial charge on any atom is -0.457 e. The fraction of sp³-hybridized carbons (Fsp3) is 0.150. The first-order valence-electron chi connectivity index (χ1n) is 7.84. The summed E-state index contributed by atoms with van der Waals surface area (Å²) in [7, 11) is 1.80. The molecule has 1 amide bonds. The van der Waals surface area contributed by atoms with Crippen molar-refractivity contribution in [1.29, 1.82) is 0 Å². The van der Waals surface area contributed by atoms with Gasteiger partial charge in [-0.15, -0.1) is 0 Å². The SMILES string of the molecule is Cc1c[nH]c(C(=O)N(C)Cc2ccc(Oc3ccccc3)cc2)c1. The van der Waals surface area contributed by atoms with E-state index in [1.807, 2.05) is 73.8 Å². The number of H-pyrrole nitrogens is 1. The van der Waals surface area contributed by atoms with Gasteiger partial charge in [0.1, 0.15) is 17.2 Å². The van der Waals surface area contributed by atoms with Crippen molar-refractivity contribution in [2.24, 2.45) is 0 Å². The molecule has 0 bridgehead atoms. The number of hydrogen-bond acceptors (Lipinski definition) is 2. The molecule has 2 aromatic carbocycles. The molecule has 3 rings (SSSR count). The van der Waals surface area contributed by atoms with E-state index in [0.29, 0.717) is 12.2 Å². The second kappa shape index (κ2) is 7.04. The third-order valence-corrected chi connectivity index (χ3v) is 3.73. The van der Waals surface area contributed by atoms with E-state index < -0.39 is 0 Å². The lowest BCUT2D eigenvalue weighted by atomic mass is 10.2. The van der Waals surface area contributed by atoms with Crippen LogP contribution in [0.2, 0.25) is 0 Å². The van der Waals surface area contributed by atoms with Gasteiger partial charge in [0.2, 0.25) is 0 Å². The molecule has 1 N–H and O–H groups in total. The van der Waals surface area contributed by atoms with E-state index in [1.54, 1.807) is 11.9 Å². The molecule has 122 valence electrons. The predicted molar refractivity (Wildman–Crippen MR) is 94.3 cm³/mol. The predicted octanol–water partition coefficient (Wildman–Crippen LogP) is 4.39.